The maximum absolute atomic E-state index is 16.1. The SMILES string of the molecule is O=S(=O)(O)c1c(F)c(F)c(Oc2c(C3CC4SC3C3C5CCC(S5)C43)cc(C3CC4SC3C3C5CCC(S5)C43)cc2C2CC3SC2C2C4CCC(S4)C32)c(F)c1F. The first kappa shape index (κ1) is 36.5. The number of hydrogen-bond donors (Lipinski definition) is 1. The summed E-state index contributed by atoms with van der Waals surface area (Å²) in [6.07, 6.45) is 10.7. The molecular weight excluding hydrogens is 869 g/mol. The summed E-state index contributed by atoms with van der Waals surface area (Å²) in [5, 5.41) is 7.03. The molecular formula is C42H42F4O4S7. The summed E-state index contributed by atoms with van der Waals surface area (Å²) in [6, 6.07) is 4.63. The van der Waals surface area contributed by atoms with E-state index in [-0.39, 0.29) is 11.8 Å². The van der Waals surface area contributed by atoms with Gasteiger partial charge < -0.3 is 4.74 Å². The van der Waals surface area contributed by atoms with E-state index in [9.17, 15) is 13.0 Å². The van der Waals surface area contributed by atoms with Crippen molar-refractivity contribution in [2.24, 2.45) is 35.5 Å². The minimum atomic E-state index is -5.61. The Morgan fingerprint density at radius 2 is 0.860 bits per heavy atom. The third-order valence-corrected chi connectivity index (χ3v) is 29.0. The predicted molar refractivity (Wildman–Crippen MR) is 224 cm³/mol. The van der Waals surface area contributed by atoms with E-state index < -0.39 is 44.0 Å². The summed E-state index contributed by atoms with van der Waals surface area (Å²) in [7, 11) is -5.61. The summed E-state index contributed by atoms with van der Waals surface area (Å²) in [6.45, 7) is 0. The fourth-order valence-electron chi connectivity index (χ4n) is 15.6. The van der Waals surface area contributed by atoms with Crippen LogP contribution in [-0.2, 0) is 10.1 Å². The lowest BCUT2D eigenvalue weighted by atomic mass is 9.63. The Labute approximate surface area is 356 Å². The van der Waals surface area contributed by atoms with Gasteiger partial charge in [0.25, 0.3) is 0 Å². The molecule has 12 aliphatic heterocycles. The molecule has 12 aliphatic rings. The molecule has 57 heavy (non-hydrogen) atoms. The van der Waals surface area contributed by atoms with Crippen molar-refractivity contribution in [1.82, 2.24) is 0 Å². The fraction of sp³-hybridized carbons (Fsp3) is 0.714. The standard InChI is InChI=1S/C42H42F4O4S7/c43-33-35(45)42(57(47,48)49)36(46)34(44)38(33)50-37-14(16-10-25-28-19-2-5-22(52-19)31(28)40(16)55-25)7-12(13-9-24-27-18-1-4-21(51-18)30(27)39(13)54-24)8-15(37)17-11-26-29-20-3-6-23(53-20)32(29)41(17)56-26/h7-8,13,16-32,39-41H,1-6,9-11H2,(H,47,48,49). The van der Waals surface area contributed by atoms with Crippen LogP contribution >= 0.6 is 70.6 Å². The van der Waals surface area contributed by atoms with Gasteiger partial charge in [0, 0.05) is 74.8 Å². The zero-order valence-electron chi connectivity index (χ0n) is 30.7. The summed E-state index contributed by atoms with van der Waals surface area (Å²) >= 11 is 13.0. The molecule has 12 bridgehead atoms. The highest BCUT2D eigenvalue weighted by molar-refractivity contribution is 8.04. The zero-order chi connectivity index (χ0) is 38.1. The topological polar surface area (TPSA) is 63.6 Å². The highest BCUT2D eigenvalue weighted by Crippen LogP contribution is 2.74. The Kier molecular flexibility index (Phi) is 7.91. The second-order valence-electron chi connectivity index (χ2n) is 19.3. The van der Waals surface area contributed by atoms with E-state index >= 15 is 17.6 Å². The van der Waals surface area contributed by atoms with Gasteiger partial charge in [-0.2, -0.15) is 87.8 Å². The molecule has 12 heterocycles. The number of thioether (sulfide) groups is 6. The van der Waals surface area contributed by atoms with Crippen molar-refractivity contribution in [3.05, 3.63) is 52.1 Å². The first-order valence-electron chi connectivity index (χ1n) is 21.1. The van der Waals surface area contributed by atoms with Crippen LogP contribution in [0.4, 0.5) is 17.6 Å². The van der Waals surface area contributed by atoms with E-state index in [1.807, 2.05) is 0 Å². The largest absolute Gasteiger partial charge is 0.450 e. The molecule has 2 aromatic rings. The Morgan fingerprint density at radius 1 is 0.491 bits per heavy atom. The molecule has 21 unspecified atom stereocenters. The molecule has 2 aromatic carbocycles. The van der Waals surface area contributed by atoms with Crippen LogP contribution < -0.4 is 4.74 Å². The van der Waals surface area contributed by atoms with Crippen molar-refractivity contribution in [3.8, 4) is 11.5 Å². The molecule has 0 aliphatic carbocycles. The first-order valence-corrected chi connectivity index (χ1v) is 28.2. The lowest BCUT2D eigenvalue weighted by Crippen LogP contribution is -2.40. The van der Waals surface area contributed by atoms with Crippen LogP contribution in [0.25, 0.3) is 0 Å². The number of fused-ring (bicyclic) bond motifs is 27. The number of rotatable bonds is 6. The van der Waals surface area contributed by atoms with Crippen LogP contribution in [0.2, 0.25) is 0 Å². The highest BCUT2D eigenvalue weighted by atomic mass is 32.2. The smallest absolute Gasteiger partial charge is 0.300 e. The summed E-state index contributed by atoms with van der Waals surface area (Å²) in [5.74, 6) is -4.61. The third-order valence-electron chi connectivity index (χ3n) is 17.3. The maximum Gasteiger partial charge on any atom is 0.300 e. The monoisotopic (exact) mass is 910 g/mol. The quantitative estimate of drug-likeness (QED) is 0.172. The minimum absolute atomic E-state index is 0.0712. The van der Waals surface area contributed by atoms with Gasteiger partial charge in [-0.15, -0.1) is 0 Å². The molecule has 0 aromatic heterocycles. The third kappa shape index (κ3) is 4.76. The molecule has 12 saturated heterocycles. The molecule has 1 N–H and O–H groups in total. The van der Waals surface area contributed by atoms with Gasteiger partial charge in [-0.3, -0.25) is 4.55 Å². The average molecular weight is 911 g/mol. The molecule has 0 spiro atoms. The van der Waals surface area contributed by atoms with Gasteiger partial charge in [0.05, 0.1) is 0 Å². The van der Waals surface area contributed by atoms with E-state index in [1.54, 1.807) is 0 Å². The van der Waals surface area contributed by atoms with E-state index in [0.717, 1.165) is 52.7 Å². The van der Waals surface area contributed by atoms with Gasteiger partial charge in [0.1, 0.15) is 5.75 Å². The van der Waals surface area contributed by atoms with Crippen molar-refractivity contribution >= 4 is 80.7 Å². The van der Waals surface area contributed by atoms with Crippen LogP contribution in [0.3, 0.4) is 0 Å². The van der Waals surface area contributed by atoms with Crippen molar-refractivity contribution in [2.75, 3.05) is 0 Å². The second-order valence-corrected chi connectivity index (χ2v) is 29.4. The van der Waals surface area contributed by atoms with Gasteiger partial charge in [-0.05, 0) is 116 Å². The number of benzene rings is 2. The summed E-state index contributed by atoms with van der Waals surface area (Å²) in [5.41, 5.74) is 3.19. The van der Waals surface area contributed by atoms with Crippen LogP contribution in [-0.4, -0.2) is 76.0 Å². The van der Waals surface area contributed by atoms with Crippen molar-refractivity contribution in [3.63, 3.8) is 0 Å². The van der Waals surface area contributed by atoms with Gasteiger partial charge >= 0.3 is 10.1 Å². The first-order chi connectivity index (χ1) is 27.5. The van der Waals surface area contributed by atoms with Gasteiger partial charge in [-0.25, -0.2) is 8.78 Å². The van der Waals surface area contributed by atoms with Crippen LogP contribution in [0.5, 0.6) is 11.5 Å². The molecule has 4 nitrogen and oxygen atoms in total. The summed E-state index contributed by atoms with van der Waals surface area (Å²) < 4.78 is 103. The minimum Gasteiger partial charge on any atom is -0.450 e. The molecule has 0 amide bonds. The van der Waals surface area contributed by atoms with Crippen LogP contribution in [0.1, 0.15) is 92.2 Å². The summed E-state index contributed by atoms with van der Waals surface area (Å²) in [4.78, 5) is -2.03. The lowest BCUT2D eigenvalue weighted by Gasteiger charge is -2.40. The fourth-order valence-corrected chi connectivity index (χ4v) is 29.9. The molecule has 12 fully saturated rings. The van der Waals surface area contributed by atoms with Crippen molar-refractivity contribution in [2.45, 2.75) is 143 Å². The van der Waals surface area contributed by atoms with Crippen LogP contribution in [0.15, 0.2) is 17.0 Å². The number of ether oxygens (including phenoxy) is 1. The highest BCUT2D eigenvalue weighted by Gasteiger charge is 2.67. The molecule has 15 heteroatoms. The predicted octanol–water partition coefficient (Wildman–Crippen LogP) is 10.7. The molecule has 304 valence electrons. The zero-order valence-corrected chi connectivity index (χ0v) is 36.4. The van der Waals surface area contributed by atoms with Crippen molar-refractivity contribution in [1.29, 1.82) is 0 Å². The van der Waals surface area contributed by atoms with E-state index in [0.29, 0.717) is 87.8 Å². The Bertz CT molecular complexity index is 2160. The molecule has 0 radical (unpaired) electrons. The molecule has 14 rings (SSSR count). The van der Waals surface area contributed by atoms with Gasteiger partial charge in [-0.1, -0.05) is 12.1 Å². The second kappa shape index (κ2) is 12.4. The van der Waals surface area contributed by atoms with E-state index in [1.165, 1.54) is 44.1 Å². The Balaban J connectivity index is 0.950. The van der Waals surface area contributed by atoms with E-state index in [2.05, 4.69) is 82.7 Å². The van der Waals surface area contributed by atoms with Gasteiger partial charge in [0.15, 0.2) is 16.5 Å². The van der Waals surface area contributed by atoms with Gasteiger partial charge in [0.2, 0.25) is 17.4 Å². The lowest BCUT2D eigenvalue weighted by molar-refractivity contribution is 0.224. The molecule has 0 saturated carbocycles. The van der Waals surface area contributed by atoms with Crippen LogP contribution in [0, 0.1) is 58.8 Å². The normalized spacial score (nSPS) is 50.9. The number of hydrogen-bond acceptors (Lipinski definition) is 9. The van der Waals surface area contributed by atoms with E-state index in [4.69, 9.17) is 4.74 Å². The molecule has 21 atom stereocenters. The number of halogens is 4. The Morgan fingerprint density at radius 3 is 1.26 bits per heavy atom. The van der Waals surface area contributed by atoms with Crippen molar-refractivity contribution < 1.29 is 35.3 Å². The Hall–Kier alpha value is -0.0300. The maximum atomic E-state index is 16.1. The average Bonchev–Trinajstić information content (AvgIpc) is 4.03.